The standard InChI is InChI=1S/C24H33N2.ClH/c1-17(2)20-10-7-8-13-23(20)25-14-15-26(16-25)24-21(18(3)4)11-9-12-22(24)19(5)6;/h7-13,16-19H,14-15H2,1-6H3;1H/q+1;/p-1. The predicted molar refractivity (Wildman–Crippen MR) is 113 cm³/mol. The molecule has 0 bridgehead atoms. The lowest BCUT2D eigenvalue weighted by Crippen LogP contribution is -3.00. The van der Waals surface area contributed by atoms with Crippen molar-refractivity contribution < 1.29 is 17.0 Å². The molecule has 1 aliphatic heterocycles. The molecular formula is C24H33ClN2. The van der Waals surface area contributed by atoms with E-state index in [0.29, 0.717) is 17.8 Å². The summed E-state index contributed by atoms with van der Waals surface area (Å²) in [5, 5.41) is 0. The lowest BCUT2D eigenvalue weighted by atomic mass is 9.92. The summed E-state index contributed by atoms with van der Waals surface area (Å²) in [6, 6.07) is 15.6. The summed E-state index contributed by atoms with van der Waals surface area (Å²) >= 11 is 0. The fourth-order valence-corrected chi connectivity index (χ4v) is 3.93. The monoisotopic (exact) mass is 384 g/mol. The molecule has 2 nitrogen and oxygen atoms in total. The number of halogens is 1. The lowest BCUT2D eigenvalue weighted by molar-refractivity contribution is -0.425. The second-order valence-corrected chi connectivity index (χ2v) is 8.31. The van der Waals surface area contributed by atoms with Crippen LogP contribution >= 0.6 is 0 Å². The van der Waals surface area contributed by atoms with Crippen LogP contribution in [0.2, 0.25) is 0 Å². The Kier molecular flexibility index (Phi) is 7.11. The van der Waals surface area contributed by atoms with Crippen molar-refractivity contribution in [2.45, 2.75) is 59.3 Å². The Morgan fingerprint density at radius 1 is 0.741 bits per heavy atom. The maximum absolute atomic E-state index is 2.47. The van der Waals surface area contributed by atoms with Crippen LogP contribution in [0.25, 0.3) is 0 Å². The number of para-hydroxylation sites is 2. The van der Waals surface area contributed by atoms with E-state index in [0.717, 1.165) is 13.1 Å². The van der Waals surface area contributed by atoms with Crippen LogP contribution in [0.1, 0.15) is 76.0 Å². The third kappa shape index (κ3) is 4.38. The molecule has 0 N–H and O–H groups in total. The average molecular weight is 385 g/mol. The van der Waals surface area contributed by atoms with Gasteiger partial charge >= 0.3 is 0 Å². The number of anilines is 1. The van der Waals surface area contributed by atoms with Crippen molar-refractivity contribution in [2.24, 2.45) is 0 Å². The largest absolute Gasteiger partial charge is 1.00 e. The molecule has 1 aliphatic rings. The summed E-state index contributed by atoms with van der Waals surface area (Å²) in [5.74, 6) is 1.58. The second-order valence-electron chi connectivity index (χ2n) is 8.31. The summed E-state index contributed by atoms with van der Waals surface area (Å²) in [6.07, 6.45) is 2.33. The van der Waals surface area contributed by atoms with Gasteiger partial charge in [0.05, 0.1) is 0 Å². The highest BCUT2D eigenvalue weighted by Gasteiger charge is 2.28. The molecule has 0 unspecified atom stereocenters. The molecular weight excluding hydrogens is 352 g/mol. The van der Waals surface area contributed by atoms with E-state index in [4.69, 9.17) is 0 Å². The molecule has 0 aliphatic carbocycles. The van der Waals surface area contributed by atoms with Crippen molar-refractivity contribution in [3.63, 3.8) is 0 Å². The molecule has 146 valence electrons. The van der Waals surface area contributed by atoms with Gasteiger partial charge in [-0.1, -0.05) is 77.9 Å². The Bertz CT molecular complexity index is 780. The van der Waals surface area contributed by atoms with E-state index >= 15 is 0 Å². The van der Waals surface area contributed by atoms with Gasteiger partial charge in [-0.3, -0.25) is 0 Å². The van der Waals surface area contributed by atoms with Gasteiger partial charge in [0, 0.05) is 16.7 Å². The van der Waals surface area contributed by atoms with Crippen LogP contribution in [0, 0.1) is 0 Å². The van der Waals surface area contributed by atoms with E-state index in [1.54, 1.807) is 0 Å². The minimum atomic E-state index is 0. The van der Waals surface area contributed by atoms with Gasteiger partial charge in [-0.2, -0.15) is 0 Å². The van der Waals surface area contributed by atoms with E-state index in [9.17, 15) is 0 Å². The van der Waals surface area contributed by atoms with Gasteiger partial charge in [0.25, 0.3) is 0 Å². The highest BCUT2D eigenvalue weighted by Crippen LogP contribution is 2.36. The average Bonchev–Trinajstić information content (AvgIpc) is 3.10. The molecule has 0 spiro atoms. The molecule has 0 radical (unpaired) electrons. The van der Waals surface area contributed by atoms with E-state index in [-0.39, 0.29) is 12.4 Å². The van der Waals surface area contributed by atoms with Gasteiger partial charge in [0.1, 0.15) is 24.5 Å². The first-order chi connectivity index (χ1) is 12.4. The smallest absolute Gasteiger partial charge is 0.244 e. The third-order valence-corrected chi connectivity index (χ3v) is 5.36. The zero-order valence-electron chi connectivity index (χ0n) is 17.5. The molecule has 0 fully saturated rings. The summed E-state index contributed by atoms with van der Waals surface area (Å²) in [4.78, 5) is 2.43. The van der Waals surface area contributed by atoms with Gasteiger partial charge < -0.3 is 12.4 Å². The molecule has 0 aromatic heterocycles. The van der Waals surface area contributed by atoms with Crippen molar-refractivity contribution >= 4 is 17.7 Å². The van der Waals surface area contributed by atoms with Crippen LogP contribution in [0.3, 0.4) is 0 Å². The Morgan fingerprint density at radius 3 is 1.81 bits per heavy atom. The fourth-order valence-electron chi connectivity index (χ4n) is 3.93. The van der Waals surface area contributed by atoms with Crippen molar-refractivity contribution in [1.82, 2.24) is 0 Å². The van der Waals surface area contributed by atoms with Crippen LogP contribution in [-0.4, -0.2) is 24.0 Å². The van der Waals surface area contributed by atoms with Crippen molar-refractivity contribution in [3.05, 3.63) is 59.2 Å². The number of nitrogens with zero attached hydrogens (tertiary/aromatic N) is 2. The highest BCUT2D eigenvalue weighted by atomic mass is 35.5. The Hall–Kier alpha value is -1.80. The predicted octanol–water partition coefficient (Wildman–Crippen LogP) is 3.25. The first-order valence-electron chi connectivity index (χ1n) is 10.00. The van der Waals surface area contributed by atoms with Crippen molar-refractivity contribution in [2.75, 3.05) is 18.0 Å². The van der Waals surface area contributed by atoms with Gasteiger partial charge in [-0.05, 0) is 23.8 Å². The van der Waals surface area contributed by atoms with Crippen LogP contribution < -0.4 is 17.3 Å². The summed E-state index contributed by atoms with van der Waals surface area (Å²) < 4.78 is 2.47. The summed E-state index contributed by atoms with van der Waals surface area (Å²) in [6.45, 7) is 15.8. The maximum atomic E-state index is 2.47. The zero-order chi connectivity index (χ0) is 18.8. The summed E-state index contributed by atoms with van der Waals surface area (Å²) in [7, 11) is 0. The molecule has 0 atom stereocenters. The normalized spacial score (nSPS) is 14.1. The van der Waals surface area contributed by atoms with E-state index in [1.807, 2.05) is 0 Å². The Morgan fingerprint density at radius 2 is 1.26 bits per heavy atom. The molecule has 2 aromatic rings. The fraction of sp³-hybridized carbons (Fsp3) is 0.458. The lowest BCUT2D eigenvalue weighted by Gasteiger charge is -2.18. The molecule has 0 saturated carbocycles. The molecule has 27 heavy (non-hydrogen) atoms. The van der Waals surface area contributed by atoms with Crippen LogP contribution in [0.4, 0.5) is 11.4 Å². The second kappa shape index (κ2) is 8.93. The quantitative estimate of drug-likeness (QED) is 0.717. The van der Waals surface area contributed by atoms with Crippen molar-refractivity contribution in [3.8, 4) is 0 Å². The number of rotatable bonds is 5. The molecule has 0 amide bonds. The topological polar surface area (TPSA) is 6.25 Å². The van der Waals surface area contributed by atoms with Crippen molar-refractivity contribution in [1.29, 1.82) is 0 Å². The number of hydrogen-bond acceptors (Lipinski definition) is 1. The Labute approximate surface area is 171 Å². The number of hydrogen-bond donors (Lipinski definition) is 0. The maximum Gasteiger partial charge on any atom is 0.244 e. The first-order valence-corrected chi connectivity index (χ1v) is 10.00. The van der Waals surface area contributed by atoms with Gasteiger partial charge in [0.15, 0.2) is 0 Å². The minimum absolute atomic E-state index is 0. The van der Waals surface area contributed by atoms with Crippen LogP contribution in [-0.2, 0) is 0 Å². The molecule has 1 heterocycles. The van der Waals surface area contributed by atoms with Crippen LogP contribution in [0.5, 0.6) is 0 Å². The highest BCUT2D eigenvalue weighted by molar-refractivity contribution is 5.80. The number of benzene rings is 2. The molecule has 2 aromatic carbocycles. The van der Waals surface area contributed by atoms with Crippen LogP contribution in [0.15, 0.2) is 42.5 Å². The minimum Gasteiger partial charge on any atom is -1.00 e. The SMILES string of the molecule is CC(C)c1ccccc1N1C=[N+](c2c(C(C)C)cccc2C(C)C)CC1.[Cl-]. The van der Waals surface area contributed by atoms with E-state index < -0.39 is 0 Å². The third-order valence-electron chi connectivity index (χ3n) is 5.36. The van der Waals surface area contributed by atoms with E-state index in [1.165, 1.54) is 28.1 Å². The Balaban J connectivity index is 0.00000261. The first kappa shape index (κ1) is 21.5. The van der Waals surface area contributed by atoms with E-state index in [2.05, 4.69) is 99.8 Å². The molecule has 3 heteroatoms. The zero-order valence-corrected chi connectivity index (χ0v) is 18.3. The summed E-state index contributed by atoms with van der Waals surface area (Å²) in [5.41, 5.74) is 7.09. The molecule has 0 saturated heterocycles. The van der Waals surface area contributed by atoms with Gasteiger partial charge in [0.2, 0.25) is 6.34 Å². The molecule has 3 rings (SSSR count). The van der Waals surface area contributed by atoms with Gasteiger partial charge in [-0.25, -0.2) is 9.48 Å². The van der Waals surface area contributed by atoms with Gasteiger partial charge in [-0.15, -0.1) is 0 Å².